The molecule has 11 nitrogen and oxygen atoms in total. The van der Waals surface area contributed by atoms with Gasteiger partial charge in [0.25, 0.3) is 5.69 Å². The number of halogens is 1. The Morgan fingerprint density at radius 2 is 1.77 bits per heavy atom. The molecule has 0 bridgehead atoms. The molecule has 31 heavy (non-hydrogen) atoms. The number of nitro benzene ring substituents is 1. The van der Waals surface area contributed by atoms with E-state index in [2.05, 4.69) is 10.4 Å². The van der Waals surface area contributed by atoms with E-state index in [1.165, 1.54) is 25.1 Å². The second-order valence-electron chi connectivity index (χ2n) is 6.57. The number of amides is 1. The standard InChI is InChI=1S/C19H16ClN5O6/c1-11-3-5-15(6-4-11)31-16-8-13(7-14(9-16)24(27)28)21-17(26)10-23-12(2)18(20)19(22-23)25(29)30/h3-9H,10H2,1-2H3,(H,21,26). The van der Waals surface area contributed by atoms with Crippen LogP contribution in [-0.4, -0.2) is 25.5 Å². The molecule has 160 valence electrons. The van der Waals surface area contributed by atoms with Crippen molar-refractivity contribution < 1.29 is 19.4 Å². The molecule has 0 atom stereocenters. The zero-order valence-corrected chi connectivity index (χ0v) is 17.1. The lowest BCUT2D eigenvalue weighted by atomic mass is 10.2. The molecule has 0 fully saturated rings. The van der Waals surface area contributed by atoms with Crippen LogP contribution in [0.2, 0.25) is 5.02 Å². The van der Waals surface area contributed by atoms with Crippen LogP contribution in [0.25, 0.3) is 0 Å². The van der Waals surface area contributed by atoms with Crippen molar-refractivity contribution in [2.24, 2.45) is 0 Å². The molecule has 12 heteroatoms. The van der Waals surface area contributed by atoms with Gasteiger partial charge >= 0.3 is 5.82 Å². The number of rotatable bonds is 7. The largest absolute Gasteiger partial charge is 0.457 e. The normalized spacial score (nSPS) is 10.5. The van der Waals surface area contributed by atoms with Crippen molar-refractivity contribution in [1.82, 2.24) is 9.78 Å². The fourth-order valence-electron chi connectivity index (χ4n) is 2.68. The van der Waals surface area contributed by atoms with E-state index in [1.807, 2.05) is 19.1 Å². The second kappa shape index (κ2) is 8.79. The van der Waals surface area contributed by atoms with E-state index in [-0.39, 0.29) is 34.4 Å². The molecule has 3 aromatic rings. The maximum absolute atomic E-state index is 12.4. The first-order chi connectivity index (χ1) is 14.6. The number of carbonyl (C=O) groups excluding carboxylic acids is 1. The van der Waals surface area contributed by atoms with Crippen molar-refractivity contribution in [3.8, 4) is 11.5 Å². The molecule has 2 aromatic carbocycles. The SMILES string of the molecule is Cc1ccc(Oc2cc(NC(=O)Cn3nc([N+](=O)[O-])c(Cl)c3C)cc([N+](=O)[O-])c2)cc1. The summed E-state index contributed by atoms with van der Waals surface area (Å²) in [7, 11) is 0. The van der Waals surface area contributed by atoms with Crippen molar-refractivity contribution >= 4 is 34.7 Å². The molecule has 0 radical (unpaired) electrons. The first kappa shape index (κ1) is 21.7. The summed E-state index contributed by atoms with van der Waals surface area (Å²) in [5.74, 6) is -0.546. The van der Waals surface area contributed by atoms with Crippen molar-refractivity contribution in [1.29, 1.82) is 0 Å². The van der Waals surface area contributed by atoms with Crippen LogP contribution < -0.4 is 10.1 Å². The lowest BCUT2D eigenvalue weighted by molar-refractivity contribution is -0.389. The molecular formula is C19H16ClN5O6. The Labute approximate surface area is 180 Å². The summed E-state index contributed by atoms with van der Waals surface area (Å²) >= 11 is 5.87. The zero-order valence-electron chi connectivity index (χ0n) is 16.4. The van der Waals surface area contributed by atoms with E-state index in [1.54, 1.807) is 12.1 Å². The first-order valence-electron chi connectivity index (χ1n) is 8.85. The molecule has 0 aliphatic carbocycles. The highest BCUT2D eigenvalue weighted by Gasteiger charge is 2.25. The average Bonchev–Trinajstić information content (AvgIpc) is 2.98. The van der Waals surface area contributed by atoms with E-state index in [4.69, 9.17) is 16.3 Å². The third kappa shape index (κ3) is 5.14. The highest BCUT2D eigenvalue weighted by Crippen LogP contribution is 2.30. The zero-order chi connectivity index (χ0) is 22.7. The highest BCUT2D eigenvalue weighted by atomic mass is 35.5. The number of hydrogen-bond acceptors (Lipinski definition) is 7. The van der Waals surface area contributed by atoms with Gasteiger partial charge in [-0.05, 0) is 30.9 Å². The number of ether oxygens (including phenoxy) is 1. The molecule has 0 saturated carbocycles. The number of anilines is 1. The number of benzene rings is 2. The van der Waals surface area contributed by atoms with Gasteiger partial charge in [0.2, 0.25) is 5.91 Å². The number of carbonyl (C=O) groups is 1. The molecule has 3 rings (SSSR count). The summed E-state index contributed by atoms with van der Waals surface area (Å²) in [5, 5.41) is 28.3. The van der Waals surface area contributed by atoms with Gasteiger partial charge in [-0.1, -0.05) is 29.3 Å². The topological polar surface area (TPSA) is 142 Å². The maximum Gasteiger partial charge on any atom is 0.408 e. The Morgan fingerprint density at radius 1 is 1.10 bits per heavy atom. The van der Waals surface area contributed by atoms with Crippen molar-refractivity contribution in [2.75, 3.05) is 5.32 Å². The van der Waals surface area contributed by atoms with Gasteiger partial charge in [-0.3, -0.25) is 14.9 Å². The number of non-ortho nitro benzene ring substituents is 1. The van der Waals surface area contributed by atoms with Crippen LogP contribution in [0.5, 0.6) is 11.5 Å². The minimum Gasteiger partial charge on any atom is -0.457 e. The van der Waals surface area contributed by atoms with E-state index < -0.39 is 21.6 Å². The van der Waals surface area contributed by atoms with Gasteiger partial charge in [0.05, 0.1) is 27.5 Å². The minimum absolute atomic E-state index is 0.117. The molecule has 1 N–H and O–H groups in total. The highest BCUT2D eigenvalue weighted by molar-refractivity contribution is 6.33. The Hall–Kier alpha value is -3.99. The fourth-order valence-corrected chi connectivity index (χ4v) is 2.88. The number of aromatic nitrogens is 2. The fraction of sp³-hybridized carbons (Fsp3) is 0.158. The number of nitrogens with zero attached hydrogens (tertiary/aromatic N) is 4. The van der Waals surface area contributed by atoms with Crippen LogP contribution in [0.4, 0.5) is 17.2 Å². The molecule has 1 heterocycles. The summed E-state index contributed by atoms with van der Waals surface area (Å²) in [4.78, 5) is 33.3. The van der Waals surface area contributed by atoms with Crippen molar-refractivity contribution in [3.63, 3.8) is 0 Å². The van der Waals surface area contributed by atoms with E-state index in [0.29, 0.717) is 5.75 Å². The molecule has 0 aliphatic heterocycles. The Balaban J connectivity index is 1.81. The smallest absolute Gasteiger partial charge is 0.408 e. The van der Waals surface area contributed by atoms with Crippen LogP contribution in [0.3, 0.4) is 0 Å². The average molecular weight is 446 g/mol. The van der Waals surface area contributed by atoms with Crippen LogP contribution in [0.1, 0.15) is 11.3 Å². The predicted octanol–water partition coefficient (Wildman–Crippen LogP) is 4.40. The Bertz CT molecular complexity index is 1180. The molecule has 0 spiro atoms. The van der Waals surface area contributed by atoms with Gasteiger partial charge in [-0.2, -0.15) is 4.68 Å². The van der Waals surface area contributed by atoms with Crippen molar-refractivity contribution in [3.05, 3.63) is 79.0 Å². The minimum atomic E-state index is -0.751. The van der Waals surface area contributed by atoms with E-state index >= 15 is 0 Å². The van der Waals surface area contributed by atoms with Crippen LogP contribution in [-0.2, 0) is 11.3 Å². The van der Waals surface area contributed by atoms with Crippen LogP contribution in [0.15, 0.2) is 42.5 Å². The van der Waals surface area contributed by atoms with Gasteiger partial charge in [-0.15, -0.1) is 0 Å². The second-order valence-corrected chi connectivity index (χ2v) is 6.95. The lowest BCUT2D eigenvalue weighted by Gasteiger charge is -2.09. The Kier molecular flexibility index (Phi) is 6.16. The van der Waals surface area contributed by atoms with Gasteiger partial charge in [-0.25, -0.2) is 0 Å². The number of nitrogens with one attached hydrogen (secondary N) is 1. The summed E-state index contributed by atoms with van der Waals surface area (Å²) in [6.07, 6.45) is 0. The summed E-state index contributed by atoms with van der Waals surface area (Å²) in [6, 6.07) is 10.9. The summed E-state index contributed by atoms with van der Waals surface area (Å²) in [5.41, 5.74) is 1.10. The summed E-state index contributed by atoms with van der Waals surface area (Å²) < 4.78 is 6.74. The van der Waals surface area contributed by atoms with Gasteiger partial charge in [0.1, 0.15) is 18.0 Å². The molecule has 1 aromatic heterocycles. The molecular weight excluding hydrogens is 430 g/mol. The van der Waals surface area contributed by atoms with Gasteiger partial charge in [0.15, 0.2) is 5.02 Å². The Morgan fingerprint density at radius 3 is 2.35 bits per heavy atom. The third-order valence-electron chi connectivity index (χ3n) is 4.23. The number of hydrogen-bond donors (Lipinski definition) is 1. The quantitative estimate of drug-likeness (QED) is 0.419. The summed E-state index contributed by atoms with van der Waals surface area (Å²) in [6.45, 7) is 3.01. The number of nitro groups is 2. The predicted molar refractivity (Wildman–Crippen MR) is 112 cm³/mol. The molecule has 0 unspecified atom stereocenters. The van der Waals surface area contributed by atoms with Gasteiger partial charge < -0.3 is 20.2 Å². The van der Waals surface area contributed by atoms with E-state index in [0.717, 1.165) is 10.2 Å². The molecule has 0 aliphatic rings. The third-order valence-corrected chi connectivity index (χ3v) is 4.67. The first-order valence-corrected chi connectivity index (χ1v) is 9.23. The lowest BCUT2D eigenvalue weighted by Crippen LogP contribution is -2.20. The number of aryl methyl sites for hydroxylation is 1. The molecule has 1 amide bonds. The monoisotopic (exact) mass is 445 g/mol. The van der Waals surface area contributed by atoms with Crippen molar-refractivity contribution in [2.45, 2.75) is 20.4 Å². The van der Waals surface area contributed by atoms with Crippen LogP contribution in [0, 0.1) is 34.1 Å². The van der Waals surface area contributed by atoms with Gasteiger partial charge in [0, 0.05) is 12.1 Å². The van der Waals surface area contributed by atoms with E-state index in [9.17, 15) is 25.0 Å². The maximum atomic E-state index is 12.4. The van der Waals surface area contributed by atoms with Crippen LogP contribution >= 0.6 is 11.6 Å². The molecule has 0 saturated heterocycles.